The molecule has 1 aromatic heterocycles. The van der Waals surface area contributed by atoms with Gasteiger partial charge in [0.15, 0.2) is 6.10 Å². The average Bonchev–Trinajstić information content (AvgIpc) is 3.01. The van der Waals surface area contributed by atoms with Crippen LogP contribution in [0.4, 0.5) is 5.69 Å². The number of esters is 1. The van der Waals surface area contributed by atoms with Gasteiger partial charge in [-0.1, -0.05) is 41.4 Å². The maximum absolute atomic E-state index is 12.9. The Balaban J connectivity index is 1.61. The van der Waals surface area contributed by atoms with E-state index in [0.29, 0.717) is 16.4 Å². The molecule has 178 valence electrons. The summed E-state index contributed by atoms with van der Waals surface area (Å²) in [4.78, 5) is 49.8. The largest absolute Gasteiger partial charge is 0.451 e. The van der Waals surface area contributed by atoms with Crippen molar-refractivity contribution in [2.75, 3.05) is 11.9 Å². The highest BCUT2D eigenvalue weighted by atomic mass is 35.5. The number of anilines is 1. The van der Waals surface area contributed by atoms with Gasteiger partial charge < -0.3 is 15.4 Å². The second kappa shape index (κ2) is 10.6. The van der Waals surface area contributed by atoms with Gasteiger partial charge in [-0.05, 0) is 44.2 Å². The van der Waals surface area contributed by atoms with E-state index in [2.05, 4.69) is 10.6 Å². The van der Waals surface area contributed by atoms with Gasteiger partial charge in [-0.2, -0.15) is 0 Å². The first kappa shape index (κ1) is 25.1. The van der Waals surface area contributed by atoms with Crippen molar-refractivity contribution < 1.29 is 19.1 Å². The van der Waals surface area contributed by atoms with Crippen molar-refractivity contribution in [3.63, 3.8) is 0 Å². The molecule has 0 radical (unpaired) electrons. The van der Waals surface area contributed by atoms with Crippen LogP contribution in [0.25, 0.3) is 5.69 Å². The zero-order valence-corrected chi connectivity index (χ0v) is 20.1. The van der Waals surface area contributed by atoms with Crippen molar-refractivity contribution in [3.8, 4) is 5.69 Å². The summed E-state index contributed by atoms with van der Waals surface area (Å²) in [6.45, 7) is 2.56. The standard InChI is InChI=1S/C23H22Cl2N4O5/c1-13-20(23(33)29(28(13)3)16-7-5-4-6-8-16)27-21(31)14(2)34-19(30)12-26-22(32)17-10-9-15(24)11-18(17)25/h4-11,14H,12H2,1-3H3,(H,26,32)(H,27,31). The Hall–Kier alpha value is -3.56. The van der Waals surface area contributed by atoms with E-state index in [1.165, 1.54) is 29.8 Å². The highest BCUT2D eigenvalue weighted by molar-refractivity contribution is 6.36. The molecular weight excluding hydrogens is 483 g/mol. The van der Waals surface area contributed by atoms with E-state index in [9.17, 15) is 19.2 Å². The van der Waals surface area contributed by atoms with Crippen molar-refractivity contribution in [1.29, 1.82) is 0 Å². The number of carbonyl (C=O) groups excluding carboxylic acids is 3. The lowest BCUT2D eigenvalue weighted by Crippen LogP contribution is -2.36. The zero-order valence-electron chi connectivity index (χ0n) is 18.6. The zero-order chi connectivity index (χ0) is 25.0. The molecule has 3 aromatic rings. The van der Waals surface area contributed by atoms with Crippen LogP contribution in [-0.2, 0) is 21.4 Å². The number of amides is 2. The third kappa shape index (κ3) is 5.49. The molecule has 0 aliphatic heterocycles. The number of nitrogens with zero attached hydrogens (tertiary/aromatic N) is 2. The van der Waals surface area contributed by atoms with E-state index < -0.39 is 36.0 Å². The first-order valence-corrected chi connectivity index (χ1v) is 10.9. The Morgan fingerprint density at radius 1 is 1.09 bits per heavy atom. The van der Waals surface area contributed by atoms with Gasteiger partial charge in [0.2, 0.25) is 0 Å². The summed E-state index contributed by atoms with van der Waals surface area (Å²) in [6, 6.07) is 13.3. The normalized spacial score (nSPS) is 11.6. The van der Waals surface area contributed by atoms with E-state index in [0.717, 1.165) is 0 Å². The van der Waals surface area contributed by atoms with Gasteiger partial charge in [0, 0.05) is 12.1 Å². The quantitative estimate of drug-likeness (QED) is 0.480. The van der Waals surface area contributed by atoms with Crippen LogP contribution >= 0.6 is 23.2 Å². The summed E-state index contributed by atoms with van der Waals surface area (Å²) in [6.07, 6.45) is -1.22. The number of hydrogen-bond donors (Lipinski definition) is 2. The molecule has 9 nitrogen and oxygen atoms in total. The fourth-order valence-electron chi connectivity index (χ4n) is 3.15. The summed E-state index contributed by atoms with van der Waals surface area (Å²) >= 11 is 11.8. The summed E-state index contributed by atoms with van der Waals surface area (Å²) < 4.78 is 8.11. The van der Waals surface area contributed by atoms with Crippen LogP contribution in [0.1, 0.15) is 23.0 Å². The lowest BCUT2D eigenvalue weighted by Gasteiger charge is -2.13. The predicted octanol–water partition coefficient (Wildman–Crippen LogP) is 3.09. The Bertz CT molecular complexity index is 1300. The van der Waals surface area contributed by atoms with E-state index >= 15 is 0 Å². The number of nitrogens with one attached hydrogen (secondary N) is 2. The number of benzene rings is 2. The van der Waals surface area contributed by atoms with Gasteiger partial charge in [-0.15, -0.1) is 0 Å². The predicted molar refractivity (Wildman–Crippen MR) is 129 cm³/mol. The summed E-state index contributed by atoms with van der Waals surface area (Å²) in [5.74, 6) is -2.13. The minimum Gasteiger partial charge on any atom is -0.451 e. The van der Waals surface area contributed by atoms with Crippen molar-refractivity contribution in [3.05, 3.63) is 80.2 Å². The first-order valence-electron chi connectivity index (χ1n) is 10.2. The van der Waals surface area contributed by atoms with E-state index in [-0.39, 0.29) is 16.3 Å². The Kier molecular flexibility index (Phi) is 7.80. The van der Waals surface area contributed by atoms with E-state index in [1.54, 1.807) is 42.9 Å². The maximum atomic E-state index is 12.9. The fraction of sp³-hybridized carbons (Fsp3) is 0.217. The number of halogens is 2. The Morgan fingerprint density at radius 3 is 2.41 bits per heavy atom. The number of rotatable bonds is 7. The molecule has 2 aromatic carbocycles. The van der Waals surface area contributed by atoms with Gasteiger partial charge in [0.1, 0.15) is 12.2 Å². The SMILES string of the molecule is Cc1c(NC(=O)C(C)OC(=O)CNC(=O)c2ccc(Cl)cc2Cl)c(=O)n(-c2ccccc2)n1C. The number of carbonyl (C=O) groups is 3. The first-order chi connectivity index (χ1) is 16.1. The van der Waals surface area contributed by atoms with Crippen LogP contribution in [0.15, 0.2) is 53.3 Å². The Labute approximate surface area is 205 Å². The molecule has 3 rings (SSSR count). The highest BCUT2D eigenvalue weighted by Crippen LogP contribution is 2.20. The topological polar surface area (TPSA) is 111 Å². The smallest absolute Gasteiger partial charge is 0.326 e. The van der Waals surface area contributed by atoms with Crippen LogP contribution in [0.3, 0.4) is 0 Å². The molecule has 1 atom stereocenters. The van der Waals surface area contributed by atoms with Crippen molar-refractivity contribution in [2.24, 2.45) is 7.05 Å². The second-order valence-corrected chi connectivity index (χ2v) is 8.21. The van der Waals surface area contributed by atoms with Gasteiger partial charge in [-0.25, -0.2) is 4.68 Å². The molecule has 0 fully saturated rings. The molecule has 0 spiro atoms. The number of ether oxygens (including phenoxy) is 1. The third-order valence-corrected chi connectivity index (χ3v) is 5.60. The minimum absolute atomic E-state index is 0.0740. The number of aromatic nitrogens is 2. The number of para-hydroxylation sites is 1. The molecule has 34 heavy (non-hydrogen) atoms. The van der Waals surface area contributed by atoms with Gasteiger partial charge in [0.05, 0.1) is 22.0 Å². The maximum Gasteiger partial charge on any atom is 0.326 e. The van der Waals surface area contributed by atoms with Crippen molar-refractivity contribution in [2.45, 2.75) is 20.0 Å². The molecule has 0 aliphatic rings. The molecule has 0 saturated carbocycles. The van der Waals surface area contributed by atoms with Crippen LogP contribution < -0.4 is 16.2 Å². The Morgan fingerprint density at radius 2 is 1.76 bits per heavy atom. The lowest BCUT2D eigenvalue weighted by atomic mass is 10.2. The highest BCUT2D eigenvalue weighted by Gasteiger charge is 2.23. The van der Waals surface area contributed by atoms with E-state index in [4.69, 9.17) is 27.9 Å². The van der Waals surface area contributed by atoms with Crippen LogP contribution in [0, 0.1) is 6.92 Å². The lowest BCUT2D eigenvalue weighted by molar-refractivity contribution is -0.152. The molecule has 0 saturated heterocycles. The number of hydrogen-bond acceptors (Lipinski definition) is 5. The molecule has 1 heterocycles. The fourth-order valence-corrected chi connectivity index (χ4v) is 3.65. The molecule has 1 unspecified atom stereocenters. The van der Waals surface area contributed by atoms with Crippen LogP contribution in [0.5, 0.6) is 0 Å². The van der Waals surface area contributed by atoms with Gasteiger partial charge >= 0.3 is 5.97 Å². The van der Waals surface area contributed by atoms with E-state index in [1.807, 2.05) is 6.07 Å². The third-order valence-electron chi connectivity index (χ3n) is 5.05. The second-order valence-electron chi connectivity index (χ2n) is 7.36. The van der Waals surface area contributed by atoms with Gasteiger partial charge in [0.25, 0.3) is 17.4 Å². The molecule has 0 aliphatic carbocycles. The molecule has 2 N–H and O–H groups in total. The van der Waals surface area contributed by atoms with Gasteiger partial charge in [-0.3, -0.25) is 23.9 Å². The summed E-state index contributed by atoms with van der Waals surface area (Å²) in [5, 5.41) is 5.40. The monoisotopic (exact) mass is 504 g/mol. The molecular formula is C23H22Cl2N4O5. The average molecular weight is 505 g/mol. The van der Waals surface area contributed by atoms with Crippen LogP contribution in [-0.4, -0.2) is 39.8 Å². The molecule has 2 amide bonds. The minimum atomic E-state index is -1.22. The molecule has 0 bridgehead atoms. The summed E-state index contributed by atoms with van der Waals surface area (Å²) in [5.41, 5.74) is 0.941. The van der Waals surface area contributed by atoms with Crippen molar-refractivity contribution in [1.82, 2.24) is 14.7 Å². The summed E-state index contributed by atoms with van der Waals surface area (Å²) in [7, 11) is 1.69. The van der Waals surface area contributed by atoms with Crippen LogP contribution in [0.2, 0.25) is 10.0 Å². The molecule has 11 heteroatoms. The van der Waals surface area contributed by atoms with Crippen molar-refractivity contribution >= 4 is 46.7 Å².